The molecular formula is C25H46O7. The van der Waals surface area contributed by atoms with Crippen molar-refractivity contribution in [2.75, 3.05) is 13.7 Å². The van der Waals surface area contributed by atoms with Crippen LogP contribution in [0.2, 0.25) is 0 Å². The van der Waals surface area contributed by atoms with Crippen LogP contribution in [0.3, 0.4) is 0 Å². The zero-order valence-corrected chi connectivity index (χ0v) is 20.1. The Labute approximate surface area is 194 Å². The number of carbonyl (C=O) groups excluding carboxylic acids is 1. The minimum Gasteiger partial charge on any atom is -0.463 e. The summed E-state index contributed by atoms with van der Waals surface area (Å²) in [6, 6.07) is 0. The number of rotatable bonds is 18. The van der Waals surface area contributed by atoms with Gasteiger partial charge in [-0.05, 0) is 32.1 Å². The molecule has 7 heteroatoms. The van der Waals surface area contributed by atoms with Crippen molar-refractivity contribution in [3.63, 3.8) is 0 Å². The Kier molecular flexibility index (Phi) is 16.7. The molecule has 1 aliphatic rings. The number of unbranched alkanes of at least 4 members (excludes halogenated alkanes) is 11. The molecule has 32 heavy (non-hydrogen) atoms. The van der Waals surface area contributed by atoms with Gasteiger partial charge in [0, 0.05) is 13.5 Å². The average Bonchev–Trinajstić information content (AvgIpc) is 2.79. The topological polar surface area (TPSA) is 105 Å². The van der Waals surface area contributed by atoms with E-state index in [9.17, 15) is 20.1 Å². The van der Waals surface area contributed by atoms with Crippen LogP contribution in [-0.2, 0) is 19.0 Å². The van der Waals surface area contributed by atoms with Crippen molar-refractivity contribution in [3.8, 4) is 0 Å². The number of methoxy groups -OCH3 is 1. The van der Waals surface area contributed by atoms with Crippen LogP contribution >= 0.6 is 0 Å². The first kappa shape index (κ1) is 29.0. The second kappa shape index (κ2) is 18.4. The average molecular weight is 459 g/mol. The van der Waals surface area contributed by atoms with Gasteiger partial charge in [0.15, 0.2) is 6.29 Å². The van der Waals surface area contributed by atoms with E-state index in [2.05, 4.69) is 19.1 Å². The highest BCUT2D eigenvalue weighted by Crippen LogP contribution is 2.22. The van der Waals surface area contributed by atoms with Gasteiger partial charge in [-0.15, -0.1) is 0 Å². The summed E-state index contributed by atoms with van der Waals surface area (Å²) >= 11 is 0. The zero-order valence-electron chi connectivity index (χ0n) is 20.1. The standard InChI is InChI=1S/C25H46O7/c1-3-4-5-6-7-8-9-10-11-12-13-14-15-16-17-18-21(26)31-19-20-22(27)23(28)24(29)25(30-2)32-20/h10-11,20,22-25,27-29H,3-9,12-19H2,1-2H3/t20-,22-,23+,24-,25?/m1/s1. The van der Waals surface area contributed by atoms with Crippen LogP contribution in [-0.4, -0.2) is 65.7 Å². The van der Waals surface area contributed by atoms with E-state index in [-0.39, 0.29) is 12.6 Å². The number of allylic oxidation sites excluding steroid dienone is 2. The van der Waals surface area contributed by atoms with Crippen molar-refractivity contribution in [2.45, 2.75) is 128 Å². The van der Waals surface area contributed by atoms with Crippen molar-refractivity contribution >= 4 is 5.97 Å². The molecule has 7 nitrogen and oxygen atoms in total. The minimum absolute atomic E-state index is 0.186. The smallest absolute Gasteiger partial charge is 0.305 e. The van der Waals surface area contributed by atoms with Crippen LogP contribution in [0.4, 0.5) is 0 Å². The van der Waals surface area contributed by atoms with E-state index in [1.54, 1.807) is 0 Å². The van der Waals surface area contributed by atoms with Crippen LogP contribution in [0.25, 0.3) is 0 Å². The molecule has 0 aliphatic carbocycles. The Morgan fingerprint density at radius 1 is 0.812 bits per heavy atom. The molecule has 0 saturated carbocycles. The molecule has 0 radical (unpaired) electrons. The van der Waals surface area contributed by atoms with Crippen LogP contribution in [0.5, 0.6) is 0 Å². The van der Waals surface area contributed by atoms with Gasteiger partial charge in [-0.1, -0.05) is 70.4 Å². The monoisotopic (exact) mass is 458 g/mol. The summed E-state index contributed by atoms with van der Waals surface area (Å²) in [7, 11) is 1.33. The fraction of sp³-hybridized carbons (Fsp3) is 0.880. The molecular weight excluding hydrogens is 412 g/mol. The fourth-order valence-corrected chi connectivity index (χ4v) is 3.84. The minimum atomic E-state index is -1.41. The SMILES string of the molecule is CCCCCCCCC=CCCCCCCCC(=O)OC[C@H]1OC(OC)[C@H](O)[C@@H](O)[C@@H]1O. The van der Waals surface area contributed by atoms with Gasteiger partial charge in [0.25, 0.3) is 0 Å². The Bertz CT molecular complexity index is 495. The van der Waals surface area contributed by atoms with Gasteiger partial charge < -0.3 is 29.5 Å². The highest BCUT2D eigenvalue weighted by Gasteiger charge is 2.44. The summed E-state index contributed by atoms with van der Waals surface area (Å²) in [5, 5.41) is 29.5. The van der Waals surface area contributed by atoms with E-state index in [4.69, 9.17) is 14.2 Å². The molecule has 1 saturated heterocycles. The predicted octanol–water partition coefficient (Wildman–Crippen LogP) is 4.02. The van der Waals surface area contributed by atoms with Gasteiger partial charge in [0.1, 0.15) is 31.0 Å². The molecule has 0 spiro atoms. The first-order chi connectivity index (χ1) is 15.5. The molecule has 1 rings (SSSR count). The van der Waals surface area contributed by atoms with Gasteiger partial charge in [0.2, 0.25) is 0 Å². The summed E-state index contributed by atoms with van der Waals surface area (Å²) in [5.41, 5.74) is 0. The molecule has 188 valence electrons. The highest BCUT2D eigenvalue weighted by atomic mass is 16.7. The van der Waals surface area contributed by atoms with Crippen molar-refractivity contribution in [3.05, 3.63) is 12.2 Å². The van der Waals surface area contributed by atoms with Crippen molar-refractivity contribution < 1.29 is 34.3 Å². The summed E-state index contributed by atoms with van der Waals surface area (Å²) in [6.45, 7) is 2.06. The lowest BCUT2D eigenvalue weighted by Gasteiger charge is -2.39. The molecule has 3 N–H and O–H groups in total. The molecule has 0 aromatic carbocycles. The molecule has 0 amide bonds. The highest BCUT2D eigenvalue weighted by molar-refractivity contribution is 5.69. The molecule has 0 aromatic heterocycles. The number of carbonyl (C=O) groups is 1. The lowest BCUT2D eigenvalue weighted by molar-refractivity contribution is -0.295. The quantitative estimate of drug-likeness (QED) is 0.162. The van der Waals surface area contributed by atoms with E-state index in [0.717, 1.165) is 32.1 Å². The van der Waals surface area contributed by atoms with E-state index in [1.165, 1.54) is 58.5 Å². The lowest BCUT2D eigenvalue weighted by atomic mass is 9.99. The maximum atomic E-state index is 11.9. The maximum Gasteiger partial charge on any atom is 0.305 e. The van der Waals surface area contributed by atoms with Gasteiger partial charge in [-0.25, -0.2) is 0 Å². The normalized spacial score (nSPS) is 26.0. The molecule has 0 bridgehead atoms. The number of esters is 1. The van der Waals surface area contributed by atoms with Crippen molar-refractivity contribution in [2.24, 2.45) is 0 Å². The fourth-order valence-electron chi connectivity index (χ4n) is 3.84. The number of hydrogen-bond acceptors (Lipinski definition) is 7. The van der Waals surface area contributed by atoms with Crippen LogP contribution in [0, 0.1) is 0 Å². The molecule has 0 aromatic rings. The molecule has 1 fully saturated rings. The number of aliphatic hydroxyl groups is 3. The lowest BCUT2D eigenvalue weighted by Crippen LogP contribution is -2.59. The summed E-state index contributed by atoms with van der Waals surface area (Å²) in [6.07, 6.45) is 14.4. The summed E-state index contributed by atoms with van der Waals surface area (Å²) < 4.78 is 15.4. The van der Waals surface area contributed by atoms with E-state index in [1.807, 2.05) is 0 Å². The molecule has 5 atom stereocenters. The summed E-state index contributed by atoms with van der Waals surface area (Å²) in [5.74, 6) is -0.354. The van der Waals surface area contributed by atoms with Gasteiger partial charge in [-0.2, -0.15) is 0 Å². The Hall–Kier alpha value is -0.990. The number of aliphatic hydroxyl groups excluding tert-OH is 3. The van der Waals surface area contributed by atoms with E-state index >= 15 is 0 Å². The van der Waals surface area contributed by atoms with E-state index < -0.39 is 30.7 Å². The molecule has 1 unspecified atom stereocenters. The van der Waals surface area contributed by atoms with Crippen molar-refractivity contribution in [1.82, 2.24) is 0 Å². The third-order valence-corrected chi connectivity index (χ3v) is 5.95. The first-order valence-corrected chi connectivity index (χ1v) is 12.5. The largest absolute Gasteiger partial charge is 0.463 e. The molecule has 1 aliphatic heterocycles. The van der Waals surface area contributed by atoms with Crippen LogP contribution in [0.1, 0.15) is 96.8 Å². The second-order valence-electron chi connectivity index (χ2n) is 8.77. The number of ether oxygens (including phenoxy) is 3. The third kappa shape index (κ3) is 12.3. The van der Waals surface area contributed by atoms with Crippen LogP contribution < -0.4 is 0 Å². The number of hydrogen-bond donors (Lipinski definition) is 3. The van der Waals surface area contributed by atoms with Gasteiger partial charge >= 0.3 is 5.97 Å². The maximum absolute atomic E-state index is 11.9. The van der Waals surface area contributed by atoms with Gasteiger partial charge in [0.05, 0.1) is 0 Å². The second-order valence-corrected chi connectivity index (χ2v) is 8.77. The van der Waals surface area contributed by atoms with Crippen molar-refractivity contribution in [1.29, 1.82) is 0 Å². The Morgan fingerprint density at radius 3 is 1.97 bits per heavy atom. The predicted molar refractivity (Wildman–Crippen MR) is 124 cm³/mol. The zero-order chi connectivity index (χ0) is 23.6. The summed E-state index contributed by atoms with van der Waals surface area (Å²) in [4.78, 5) is 11.9. The first-order valence-electron chi connectivity index (χ1n) is 12.5. The molecule has 1 heterocycles. The van der Waals surface area contributed by atoms with E-state index in [0.29, 0.717) is 6.42 Å². The Balaban J connectivity index is 1.97. The van der Waals surface area contributed by atoms with Gasteiger partial charge in [-0.3, -0.25) is 4.79 Å². The van der Waals surface area contributed by atoms with Crippen LogP contribution in [0.15, 0.2) is 12.2 Å². The third-order valence-electron chi connectivity index (χ3n) is 5.95. The Morgan fingerprint density at radius 2 is 1.38 bits per heavy atom.